The van der Waals surface area contributed by atoms with Crippen LogP contribution in [-0.4, -0.2) is 41.4 Å². The van der Waals surface area contributed by atoms with Crippen molar-refractivity contribution in [1.82, 2.24) is 20.0 Å². The van der Waals surface area contributed by atoms with E-state index in [0.29, 0.717) is 0 Å². The van der Waals surface area contributed by atoms with Gasteiger partial charge in [0.1, 0.15) is 0 Å². The normalized spacial score (nSPS) is 19.1. The molecule has 0 aromatic carbocycles. The third kappa shape index (κ3) is 3.32. The van der Waals surface area contributed by atoms with Crippen LogP contribution in [-0.2, 0) is 13.6 Å². The van der Waals surface area contributed by atoms with Crippen molar-refractivity contribution in [2.45, 2.75) is 19.4 Å². The number of nitrogens with one attached hydrogen (secondary N) is 1. The molecule has 2 heterocycles. The molecule has 1 fully saturated rings. The highest BCUT2D eigenvalue weighted by molar-refractivity contribution is 5.02. The Hall–Kier alpha value is -0.870. The highest BCUT2D eigenvalue weighted by atomic mass is 15.2. The lowest BCUT2D eigenvalue weighted by molar-refractivity contribution is 0.216. The van der Waals surface area contributed by atoms with Crippen LogP contribution >= 0.6 is 0 Å². The summed E-state index contributed by atoms with van der Waals surface area (Å²) < 4.78 is 1.85. The molecular weight excluding hydrogens is 200 g/mol. The highest BCUT2D eigenvalue weighted by Gasteiger charge is 2.15. The third-order valence-corrected chi connectivity index (χ3v) is 3.36. The zero-order valence-electron chi connectivity index (χ0n) is 10.3. The Bertz CT molecular complexity index is 313. The number of rotatable bonds is 4. The Kier molecular flexibility index (Phi) is 3.96. The summed E-state index contributed by atoms with van der Waals surface area (Å²) in [6, 6.07) is 0. The summed E-state index contributed by atoms with van der Waals surface area (Å²) in [5.41, 5.74) is 1.27. The first kappa shape index (κ1) is 11.6. The van der Waals surface area contributed by atoms with Crippen LogP contribution in [0.2, 0.25) is 0 Å². The molecule has 2 rings (SSSR count). The predicted octanol–water partition coefficient (Wildman–Crippen LogP) is 0.851. The van der Waals surface area contributed by atoms with Crippen molar-refractivity contribution >= 4 is 0 Å². The molecule has 0 atom stereocenters. The average molecular weight is 222 g/mol. The van der Waals surface area contributed by atoms with Crippen LogP contribution < -0.4 is 5.32 Å². The van der Waals surface area contributed by atoms with Crippen LogP contribution in [0.4, 0.5) is 0 Å². The summed E-state index contributed by atoms with van der Waals surface area (Å²) in [7, 11) is 4.17. The van der Waals surface area contributed by atoms with Crippen molar-refractivity contribution in [3.63, 3.8) is 0 Å². The molecule has 0 unspecified atom stereocenters. The summed E-state index contributed by atoms with van der Waals surface area (Å²) in [6.07, 6.45) is 6.66. The zero-order valence-corrected chi connectivity index (χ0v) is 10.3. The second-order valence-electron chi connectivity index (χ2n) is 4.90. The van der Waals surface area contributed by atoms with Gasteiger partial charge < -0.3 is 10.2 Å². The Labute approximate surface area is 97.6 Å². The van der Waals surface area contributed by atoms with Crippen LogP contribution in [0.5, 0.6) is 0 Å². The van der Waals surface area contributed by atoms with Crippen molar-refractivity contribution in [1.29, 1.82) is 0 Å². The first-order valence-electron chi connectivity index (χ1n) is 6.11. The highest BCUT2D eigenvalue weighted by Crippen LogP contribution is 2.14. The van der Waals surface area contributed by atoms with Gasteiger partial charge >= 0.3 is 0 Å². The molecule has 0 radical (unpaired) electrons. The molecule has 90 valence electrons. The molecule has 1 aromatic rings. The smallest absolute Gasteiger partial charge is 0.0534 e. The van der Waals surface area contributed by atoms with Crippen LogP contribution in [0, 0.1) is 5.92 Å². The molecule has 0 spiro atoms. The summed E-state index contributed by atoms with van der Waals surface area (Å²) in [4.78, 5) is 2.41. The first-order chi connectivity index (χ1) is 7.74. The van der Waals surface area contributed by atoms with Crippen molar-refractivity contribution in [2.24, 2.45) is 13.0 Å². The predicted molar refractivity (Wildman–Crippen MR) is 65.1 cm³/mol. The van der Waals surface area contributed by atoms with E-state index in [9.17, 15) is 0 Å². The standard InChI is InChI=1S/C12H22N4/c1-15-5-3-11(4-6-15)7-13-8-12-9-14-16(2)10-12/h9-11,13H,3-8H2,1-2H3. The summed E-state index contributed by atoms with van der Waals surface area (Å²) in [5, 5.41) is 7.69. The van der Waals surface area contributed by atoms with Gasteiger partial charge in [0.15, 0.2) is 0 Å². The minimum atomic E-state index is 0.855. The second-order valence-corrected chi connectivity index (χ2v) is 4.90. The number of piperidine rings is 1. The van der Waals surface area contributed by atoms with Gasteiger partial charge in [0.25, 0.3) is 0 Å². The monoisotopic (exact) mass is 222 g/mol. The Balaban J connectivity index is 1.64. The van der Waals surface area contributed by atoms with Gasteiger partial charge in [-0.2, -0.15) is 5.10 Å². The van der Waals surface area contributed by atoms with Gasteiger partial charge in [-0.25, -0.2) is 0 Å². The van der Waals surface area contributed by atoms with Gasteiger partial charge in [-0.05, 0) is 45.4 Å². The third-order valence-electron chi connectivity index (χ3n) is 3.36. The Morgan fingerprint density at radius 3 is 2.75 bits per heavy atom. The number of hydrogen-bond acceptors (Lipinski definition) is 3. The molecule has 16 heavy (non-hydrogen) atoms. The zero-order chi connectivity index (χ0) is 11.4. The largest absolute Gasteiger partial charge is 0.312 e. The van der Waals surface area contributed by atoms with E-state index >= 15 is 0 Å². The first-order valence-corrected chi connectivity index (χ1v) is 6.11. The maximum absolute atomic E-state index is 4.16. The Morgan fingerprint density at radius 2 is 2.12 bits per heavy atom. The van der Waals surface area contributed by atoms with Gasteiger partial charge in [-0.1, -0.05) is 0 Å². The second kappa shape index (κ2) is 5.46. The van der Waals surface area contributed by atoms with Crippen molar-refractivity contribution in [3.8, 4) is 0 Å². The van der Waals surface area contributed by atoms with Crippen LogP contribution in [0.1, 0.15) is 18.4 Å². The lowest BCUT2D eigenvalue weighted by atomic mass is 9.97. The topological polar surface area (TPSA) is 33.1 Å². The molecule has 1 aliphatic heterocycles. The van der Waals surface area contributed by atoms with Crippen LogP contribution in [0.15, 0.2) is 12.4 Å². The molecule has 1 saturated heterocycles. The number of hydrogen-bond donors (Lipinski definition) is 1. The summed E-state index contributed by atoms with van der Waals surface area (Å²) in [6.45, 7) is 4.58. The fraction of sp³-hybridized carbons (Fsp3) is 0.750. The van der Waals surface area contributed by atoms with Gasteiger partial charge in [0, 0.05) is 25.4 Å². The van der Waals surface area contributed by atoms with E-state index in [-0.39, 0.29) is 0 Å². The fourth-order valence-corrected chi connectivity index (χ4v) is 2.25. The van der Waals surface area contributed by atoms with Crippen molar-refractivity contribution < 1.29 is 0 Å². The van der Waals surface area contributed by atoms with Gasteiger partial charge in [0.05, 0.1) is 6.20 Å². The molecule has 4 nitrogen and oxygen atoms in total. The SMILES string of the molecule is CN1CCC(CNCc2cnn(C)c2)CC1. The van der Waals surface area contributed by atoms with E-state index < -0.39 is 0 Å². The molecule has 1 N–H and O–H groups in total. The van der Waals surface area contributed by atoms with E-state index in [0.717, 1.165) is 19.0 Å². The maximum atomic E-state index is 4.16. The molecule has 1 aromatic heterocycles. The fourth-order valence-electron chi connectivity index (χ4n) is 2.25. The van der Waals surface area contributed by atoms with E-state index in [1.807, 2.05) is 17.9 Å². The minimum absolute atomic E-state index is 0.855. The quantitative estimate of drug-likeness (QED) is 0.820. The number of likely N-dealkylation sites (tertiary alicyclic amines) is 1. The number of aromatic nitrogens is 2. The Morgan fingerprint density at radius 1 is 1.38 bits per heavy atom. The molecule has 1 aliphatic rings. The van der Waals surface area contributed by atoms with E-state index in [1.165, 1.54) is 31.5 Å². The average Bonchev–Trinajstić information content (AvgIpc) is 2.67. The van der Waals surface area contributed by atoms with Gasteiger partial charge in [-0.15, -0.1) is 0 Å². The van der Waals surface area contributed by atoms with Gasteiger partial charge in [-0.3, -0.25) is 4.68 Å². The van der Waals surface area contributed by atoms with Crippen LogP contribution in [0.25, 0.3) is 0 Å². The molecule has 4 heteroatoms. The van der Waals surface area contributed by atoms with Crippen molar-refractivity contribution in [3.05, 3.63) is 18.0 Å². The molecule has 0 bridgehead atoms. The lowest BCUT2D eigenvalue weighted by Crippen LogP contribution is -2.34. The molecule has 0 saturated carbocycles. The minimum Gasteiger partial charge on any atom is -0.312 e. The molecule has 0 amide bonds. The van der Waals surface area contributed by atoms with Crippen molar-refractivity contribution in [2.75, 3.05) is 26.7 Å². The van der Waals surface area contributed by atoms with Crippen LogP contribution in [0.3, 0.4) is 0 Å². The number of aryl methyl sites for hydroxylation is 1. The molecule has 0 aliphatic carbocycles. The van der Waals surface area contributed by atoms with E-state index in [2.05, 4.69) is 28.6 Å². The summed E-state index contributed by atoms with van der Waals surface area (Å²) in [5.74, 6) is 0.855. The summed E-state index contributed by atoms with van der Waals surface area (Å²) >= 11 is 0. The van der Waals surface area contributed by atoms with Gasteiger partial charge in [0.2, 0.25) is 0 Å². The van der Waals surface area contributed by atoms with E-state index in [4.69, 9.17) is 0 Å². The molecular formula is C12H22N4. The number of nitrogens with zero attached hydrogens (tertiary/aromatic N) is 3. The lowest BCUT2D eigenvalue weighted by Gasteiger charge is -2.28. The van der Waals surface area contributed by atoms with E-state index in [1.54, 1.807) is 0 Å². The maximum Gasteiger partial charge on any atom is 0.0534 e.